The smallest absolute Gasteiger partial charge is 0.233 e. The molecule has 0 fully saturated rings. The fourth-order valence-corrected chi connectivity index (χ4v) is 2.10. The van der Waals surface area contributed by atoms with Gasteiger partial charge in [0.1, 0.15) is 12.2 Å². The number of ether oxygens (including phenoxy) is 1. The SMILES string of the molecule is CCN(CC)C(=O)CC(=O)Nc1cc(C)c(Cl)cc1OC. The molecular formula is C15H21ClN2O3. The number of hydrogen-bond acceptors (Lipinski definition) is 3. The largest absolute Gasteiger partial charge is 0.495 e. The Bertz CT molecular complexity index is 528. The number of aryl methyl sites for hydroxylation is 1. The Hall–Kier alpha value is -1.75. The van der Waals surface area contributed by atoms with E-state index in [1.165, 1.54) is 7.11 Å². The van der Waals surface area contributed by atoms with Crippen molar-refractivity contribution in [3.8, 4) is 5.75 Å². The third kappa shape index (κ3) is 4.63. The van der Waals surface area contributed by atoms with E-state index in [2.05, 4.69) is 5.32 Å². The van der Waals surface area contributed by atoms with Crippen LogP contribution in [0.3, 0.4) is 0 Å². The molecule has 2 amide bonds. The summed E-state index contributed by atoms with van der Waals surface area (Å²) >= 11 is 6.01. The topological polar surface area (TPSA) is 58.6 Å². The van der Waals surface area contributed by atoms with Crippen molar-refractivity contribution < 1.29 is 14.3 Å². The molecule has 1 N–H and O–H groups in total. The summed E-state index contributed by atoms with van der Waals surface area (Å²) in [5.74, 6) is -0.0942. The van der Waals surface area contributed by atoms with Crippen LogP contribution in [0.15, 0.2) is 12.1 Å². The Morgan fingerprint density at radius 1 is 1.29 bits per heavy atom. The third-order valence-corrected chi connectivity index (χ3v) is 3.59. The zero-order chi connectivity index (χ0) is 16.0. The molecule has 0 radical (unpaired) electrons. The molecule has 0 bridgehead atoms. The van der Waals surface area contributed by atoms with Crippen molar-refractivity contribution >= 4 is 29.1 Å². The van der Waals surface area contributed by atoms with Crippen molar-refractivity contribution in [2.75, 3.05) is 25.5 Å². The Labute approximate surface area is 130 Å². The summed E-state index contributed by atoms with van der Waals surface area (Å²) in [6.45, 7) is 6.77. The number of nitrogens with zero attached hydrogens (tertiary/aromatic N) is 1. The molecule has 0 aliphatic rings. The van der Waals surface area contributed by atoms with Crippen LogP contribution in [0, 0.1) is 6.92 Å². The number of anilines is 1. The Morgan fingerprint density at radius 2 is 1.90 bits per heavy atom. The van der Waals surface area contributed by atoms with E-state index in [1.54, 1.807) is 17.0 Å². The van der Waals surface area contributed by atoms with E-state index in [4.69, 9.17) is 16.3 Å². The fourth-order valence-electron chi connectivity index (χ4n) is 1.95. The van der Waals surface area contributed by atoms with Gasteiger partial charge in [-0.25, -0.2) is 0 Å². The minimum Gasteiger partial charge on any atom is -0.495 e. The van der Waals surface area contributed by atoms with Gasteiger partial charge in [0.05, 0.1) is 12.8 Å². The monoisotopic (exact) mass is 312 g/mol. The lowest BCUT2D eigenvalue weighted by atomic mass is 10.2. The maximum absolute atomic E-state index is 12.0. The van der Waals surface area contributed by atoms with Crippen LogP contribution in [0.2, 0.25) is 5.02 Å². The maximum Gasteiger partial charge on any atom is 0.233 e. The number of carbonyl (C=O) groups excluding carboxylic acids is 2. The summed E-state index contributed by atoms with van der Waals surface area (Å²) in [5.41, 5.74) is 1.33. The lowest BCUT2D eigenvalue weighted by molar-refractivity contribution is -0.134. The predicted molar refractivity (Wildman–Crippen MR) is 83.9 cm³/mol. The van der Waals surface area contributed by atoms with Crippen LogP contribution in [-0.4, -0.2) is 36.9 Å². The number of methoxy groups -OCH3 is 1. The Balaban J connectivity index is 2.79. The minimum absolute atomic E-state index is 0.188. The number of rotatable bonds is 6. The first-order valence-corrected chi connectivity index (χ1v) is 7.22. The van der Waals surface area contributed by atoms with E-state index in [-0.39, 0.29) is 18.2 Å². The Kier molecular flexibility index (Phi) is 6.49. The molecule has 0 spiro atoms. The lowest BCUT2D eigenvalue weighted by Gasteiger charge is -2.18. The molecule has 0 aliphatic carbocycles. The molecule has 0 saturated carbocycles. The van der Waals surface area contributed by atoms with Crippen molar-refractivity contribution in [3.05, 3.63) is 22.7 Å². The highest BCUT2D eigenvalue weighted by Crippen LogP contribution is 2.30. The van der Waals surface area contributed by atoms with Gasteiger partial charge in [-0.3, -0.25) is 9.59 Å². The summed E-state index contributed by atoms with van der Waals surface area (Å²) < 4.78 is 5.18. The van der Waals surface area contributed by atoms with Crippen LogP contribution in [0.25, 0.3) is 0 Å². The van der Waals surface area contributed by atoms with Gasteiger partial charge in [0.25, 0.3) is 0 Å². The van der Waals surface area contributed by atoms with Crippen LogP contribution < -0.4 is 10.1 Å². The zero-order valence-electron chi connectivity index (χ0n) is 12.8. The third-order valence-electron chi connectivity index (χ3n) is 3.18. The summed E-state index contributed by atoms with van der Waals surface area (Å²) in [7, 11) is 1.50. The second-order valence-electron chi connectivity index (χ2n) is 4.59. The molecule has 21 heavy (non-hydrogen) atoms. The number of carbonyl (C=O) groups is 2. The molecule has 1 aromatic carbocycles. The van der Waals surface area contributed by atoms with Gasteiger partial charge in [-0.05, 0) is 32.4 Å². The van der Waals surface area contributed by atoms with E-state index < -0.39 is 0 Å². The van der Waals surface area contributed by atoms with Gasteiger partial charge in [-0.2, -0.15) is 0 Å². The van der Waals surface area contributed by atoms with Gasteiger partial charge in [0.2, 0.25) is 11.8 Å². The molecule has 0 heterocycles. The second-order valence-corrected chi connectivity index (χ2v) is 5.00. The van der Waals surface area contributed by atoms with Crippen molar-refractivity contribution in [2.24, 2.45) is 0 Å². The first-order valence-electron chi connectivity index (χ1n) is 6.84. The molecule has 0 aliphatic heterocycles. The summed E-state index contributed by atoms with van der Waals surface area (Å²) in [6, 6.07) is 3.36. The van der Waals surface area contributed by atoms with Crippen LogP contribution >= 0.6 is 11.6 Å². The number of halogens is 1. The number of nitrogens with one attached hydrogen (secondary N) is 1. The van der Waals surface area contributed by atoms with Gasteiger partial charge in [-0.15, -0.1) is 0 Å². The Morgan fingerprint density at radius 3 is 2.43 bits per heavy atom. The molecule has 0 atom stereocenters. The van der Waals surface area contributed by atoms with E-state index in [0.29, 0.717) is 29.5 Å². The average Bonchev–Trinajstić information content (AvgIpc) is 2.43. The fraction of sp³-hybridized carbons (Fsp3) is 0.467. The van der Waals surface area contributed by atoms with Crippen molar-refractivity contribution in [1.29, 1.82) is 0 Å². The van der Waals surface area contributed by atoms with Gasteiger partial charge >= 0.3 is 0 Å². The highest BCUT2D eigenvalue weighted by Gasteiger charge is 2.16. The molecule has 0 unspecified atom stereocenters. The van der Waals surface area contributed by atoms with Crippen LogP contribution in [0.1, 0.15) is 25.8 Å². The van der Waals surface area contributed by atoms with E-state index in [0.717, 1.165) is 5.56 Å². The van der Waals surface area contributed by atoms with Crippen LogP contribution in [-0.2, 0) is 9.59 Å². The molecule has 0 aromatic heterocycles. The summed E-state index contributed by atoms with van der Waals surface area (Å²) in [6.07, 6.45) is -0.188. The number of benzene rings is 1. The van der Waals surface area contributed by atoms with Crippen molar-refractivity contribution in [1.82, 2.24) is 4.90 Å². The average molecular weight is 313 g/mol. The number of hydrogen-bond donors (Lipinski definition) is 1. The van der Waals surface area contributed by atoms with Gasteiger partial charge in [0.15, 0.2) is 0 Å². The highest BCUT2D eigenvalue weighted by atomic mass is 35.5. The molecule has 116 valence electrons. The van der Waals surface area contributed by atoms with Gasteiger partial charge in [-0.1, -0.05) is 11.6 Å². The van der Waals surface area contributed by atoms with Gasteiger partial charge in [0, 0.05) is 24.2 Å². The molecule has 1 rings (SSSR count). The first-order chi connectivity index (χ1) is 9.92. The van der Waals surface area contributed by atoms with Crippen molar-refractivity contribution in [2.45, 2.75) is 27.2 Å². The van der Waals surface area contributed by atoms with Gasteiger partial charge < -0.3 is 15.0 Å². The summed E-state index contributed by atoms with van der Waals surface area (Å²) in [5, 5.41) is 3.25. The quantitative estimate of drug-likeness (QED) is 0.822. The van der Waals surface area contributed by atoms with Crippen molar-refractivity contribution in [3.63, 3.8) is 0 Å². The standard InChI is InChI=1S/C15H21ClN2O3/c1-5-18(6-2)15(20)9-14(19)17-12-7-10(3)11(16)8-13(12)21-4/h7-8H,5-6,9H2,1-4H3,(H,17,19). The van der Waals surface area contributed by atoms with Crippen LogP contribution in [0.5, 0.6) is 5.75 Å². The van der Waals surface area contributed by atoms with E-state index >= 15 is 0 Å². The normalized spacial score (nSPS) is 10.1. The van der Waals surface area contributed by atoms with Crippen LogP contribution in [0.4, 0.5) is 5.69 Å². The molecule has 1 aromatic rings. The molecule has 5 nitrogen and oxygen atoms in total. The van der Waals surface area contributed by atoms with E-state index in [1.807, 2.05) is 20.8 Å². The molecule has 0 saturated heterocycles. The maximum atomic E-state index is 12.0. The molecule has 6 heteroatoms. The zero-order valence-corrected chi connectivity index (χ0v) is 13.6. The van der Waals surface area contributed by atoms with E-state index in [9.17, 15) is 9.59 Å². The highest BCUT2D eigenvalue weighted by molar-refractivity contribution is 6.31. The minimum atomic E-state index is -0.369. The molecular weight excluding hydrogens is 292 g/mol. The first kappa shape index (κ1) is 17.3. The number of amides is 2. The predicted octanol–water partition coefficient (Wildman–Crippen LogP) is 2.85. The second kappa shape index (κ2) is 7.88. The lowest BCUT2D eigenvalue weighted by Crippen LogP contribution is -2.33. The summed E-state index contributed by atoms with van der Waals surface area (Å²) in [4.78, 5) is 25.5.